The molecule has 0 fully saturated rings. The molecule has 6 heteroatoms. The zero-order valence-electron chi connectivity index (χ0n) is 19.3. The molecular formula is C27H31N3O3. The molecule has 33 heavy (non-hydrogen) atoms. The van der Waals surface area contributed by atoms with E-state index in [2.05, 4.69) is 11.9 Å². The Kier molecular flexibility index (Phi) is 8.47. The van der Waals surface area contributed by atoms with Crippen LogP contribution < -0.4 is 5.32 Å². The lowest BCUT2D eigenvalue weighted by atomic mass is 10.1. The third-order valence-electron chi connectivity index (χ3n) is 5.47. The van der Waals surface area contributed by atoms with Gasteiger partial charge in [0.1, 0.15) is 12.3 Å². The van der Waals surface area contributed by atoms with E-state index in [9.17, 15) is 9.59 Å². The summed E-state index contributed by atoms with van der Waals surface area (Å²) in [5.74, 6) is 0.549. The van der Waals surface area contributed by atoms with Crippen molar-refractivity contribution >= 4 is 17.6 Å². The standard InChI is InChI=1S/C27H31N3O3/c1-4-16-30(27(32)28-26-21(2)10-8-11-22(26)3)20-25(31)29(19-24-14-9-18-33-24)17-15-23-12-6-5-7-13-23/h4-14,18H,1,15-17,19-20H2,2-3H3,(H,28,32). The van der Waals surface area contributed by atoms with Crippen LogP contribution in [-0.4, -0.2) is 41.4 Å². The van der Waals surface area contributed by atoms with Gasteiger partial charge in [0.15, 0.2) is 0 Å². The molecule has 1 aromatic heterocycles. The number of furan rings is 1. The molecule has 0 radical (unpaired) electrons. The first-order valence-electron chi connectivity index (χ1n) is 11.0. The van der Waals surface area contributed by atoms with Crippen molar-refractivity contribution in [2.24, 2.45) is 0 Å². The molecular weight excluding hydrogens is 414 g/mol. The Morgan fingerprint density at radius 2 is 1.70 bits per heavy atom. The van der Waals surface area contributed by atoms with Gasteiger partial charge in [0.25, 0.3) is 0 Å². The van der Waals surface area contributed by atoms with Crippen LogP contribution in [0.2, 0.25) is 0 Å². The van der Waals surface area contributed by atoms with Crippen LogP contribution >= 0.6 is 0 Å². The minimum atomic E-state index is -0.332. The van der Waals surface area contributed by atoms with Gasteiger partial charge in [-0.2, -0.15) is 0 Å². The maximum absolute atomic E-state index is 13.3. The molecule has 2 aromatic carbocycles. The molecule has 0 aliphatic heterocycles. The quantitative estimate of drug-likeness (QED) is 0.437. The van der Waals surface area contributed by atoms with Crippen LogP contribution in [0.1, 0.15) is 22.5 Å². The molecule has 172 valence electrons. The van der Waals surface area contributed by atoms with Gasteiger partial charge in [-0.25, -0.2) is 4.79 Å². The number of carbonyl (C=O) groups excluding carboxylic acids is 2. The lowest BCUT2D eigenvalue weighted by Crippen LogP contribution is -2.45. The molecule has 0 bridgehead atoms. The lowest BCUT2D eigenvalue weighted by molar-refractivity contribution is -0.132. The topological polar surface area (TPSA) is 65.8 Å². The fourth-order valence-corrected chi connectivity index (χ4v) is 3.63. The van der Waals surface area contributed by atoms with Gasteiger partial charge in [0.05, 0.1) is 12.8 Å². The highest BCUT2D eigenvalue weighted by molar-refractivity contribution is 5.93. The number of hydrogen-bond acceptors (Lipinski definition) is 3. The predicted molar refractivity (Wildman–Crippen MR) is 131 cm³/mol. The van der Waals surface area contributed by atoms with E-state index in [0.29, 0.717) is 25.3 Å². The van der Waals surface area contributed by atoms with E-state index in [1.165, 1.54) is 4.90 Å². The number of para-hydroxylation sites is 1. The summed E-state index contributed by atoms with van der Waals surface area (Å²) in [7, 11) is 0. The molecule has 0 spiro atoms. The van der Waals surface area contributed by atoms with Crippen LogP contribution in [0.25, 0.3) is 0 Å². The number of rotatable bonds is 10. The van der Waals surface area contributed by atoms with Crippen molar-refractivity contribution in [3.05, 3.63) is 102 Å². The summed E-state index contributed by atoms with van der Waals surface area (Å²) >= 11 is 0. The third-order valence-corrected chi connectivity index (χ3v) is 5.47. The third kappa shape index (κ3) is 6.84. The van der Waals surface area contributed by atoms with Crippen molar-refractivity contribution < 1.29 is 14.0 Å². The van der Waals surface area contributed by atoms with Crippen LogP contribution in [-0.2, 0) is 17.8 Å². The van der Waals surface area contributed by atoms with Gasteiger partial charge in [-0.1, -0.05) is 54.6 Å². The van der Waals surface area contributed by atoms with Crippen molar-refractivity contribution in [3.8, 4) is 0 Å². The smallest absolute Gasteiger partial charge is 0.322 e. The number of aryl methyl sites for hydroxylation is 2. The van der Waals surface area contributed by atoms with E-state index in [1.54, 1.807) is 23.3 Å². The summed E-state index contributed by atoms with van der Waals surface area (Å²) in [6, 6.07) is 19.2. The molecule has 6 nitrogen and oxygen atoms in total. The van der Waals surface area contributed by atoms with Crippen LogP contribution in [0.3, 0.4) is 0 Å². The molecule has 0 aliphatic rings. The molecule has 0 atom stereocenters. The van der Waals surface area contributed by atoms with E-state index in [1.807, 2.05) is 68.4 Å². The van der Waals surface area contributed by atoms with Crippen molar-refractivity contribution in [1.82, 2.24) is 9.80 Å². The number of benzene rings is 2. The number of nitrogens with zero attached hydrogens (tertiary/aromatic N) is 2. The maximum atomic E-state index is 13.3. The SMILES string of the molecule is C=CCN(CC(=O)N(CCc1ccccc1)Cc1ccco1)C(=O)Nc1c(C)cccc1C. The Morgan fingerprint density at radius 1 is 0.970 bits per heavy atom. The molecule has 0 saturated carbocycles. The zero-order valence-corrected chi connectivity index (χ0v) is 19.3. The second-order valence-electron chi connectivity index (χ2n) is 8.00. The van der Waals surface area contributed by atoms with Crippen molar-refractivity contribution in [2.45, 2.75) is 26.8 Å². The first kappa shape index (κ1) is 23.9. The van der Waals surface area contributed by atoms with Crippen LogP contribution in [0.4, 0.5) is 10.5 Å². The van der Waals surface area contributed by atoms with E-state index >= 15 is 0 Å². The molecule has 0 saturated heterocycles. The largest absolute Gasteiger partial charge is 0.467 e. The molecule has 1 heterocycles. The molecule has 3 amide bonds. The second-order valence-corrected chi connectivity index (χ2v) is 8.00. The van der Waals surface area contributed by atoms with Crippen LogP contribution in [0, 0.1) is 13.8 Å². The zero-order chi connectivity index (χ0) is 23.6. The molecule has 0 unspecified atom stereocenters. The Labute approximate surface area is 195 Å². The van der Waals surface area contributed by atoms with E-state index in [4.69, 9.17) is 4.42 Å². The van der Waals surface area contributed by atoms with Crippen LogP contribution in [0.5, 0.6) is 0 Å². The fraction of sp³-hybridized carbons (Fsp3) is 0.259. The minimum absolute atomic E-state index is 0.0573. The predicted octanol–water partition coefficient (Wildman–Crippen LogP) is 5.19. The van der Waals surface area contributed by atoms with Crippen molar-refractivity contribution in [2.75, 3.05) is 25.0 Å². The Bertz CT molecular complexity index is 1040. The Balaban J connectivity index is 1.72. The normalized spacial score (nSPS) is 10.5. The first-order chi connectivity index (χ1) is 16.0. The van der Waals surface area contributed by atoms with Gasteiger partial charge in [-0.05, 0) is 49.1 Å². The highest BCUT2D eigenvalue weighted by Crippen LogP contribution is 2.20. The molecule has 1 N–H and O–H groups in total. The fourth-order valence-electron chi connectivity index (χ4n) is 3.63. The molecule has 0 aliphatic carbocycles. The maximum Gasteiger partial charge on any atom is 0.322 e. The van der Waals surface area contributed by atoms with Gasteiger partial charge in [-0.3, -0.25) is 4.79 Å². The van der Waals surface area contributed by atoms with E-state index < -0.39 is 0 Å². The highest BCUT2D eigenvalue weighted by Gasteiger charge is 2.22. The summed E-state index contributed by atoms with van der Waals surface area (Å²) in [5.41, 5.74) is 3.84. The average Bonchev–Trinajstić information content (AvgIpc) is 3.32. The summed E-state index contributed by atoms with van der Waals surface area (Å²) < 4.78 is 5.47. The highest BCUT2D eigenvalue weighted by atomic mass is 16.3. The average molecular weight is 446 g/mol. The summed E-state index contributed by atoms with van der Waals surface area (Å²) in [6.07, 6.45) is 3.93. The second kappa shape index (κ2) is 11.7. The minimum Gasteiger partial charge on any atom is -0.467 e. The van der Waals surface area contributed by atoms with Gasteiger partial charge in [-0.15, -0.1) is 6.58 Å². The Morgan fingerprint density at radius 3 is 2.33 bits per heavy atom. The number of carbonyl (C=O) groups is 2. The number of nitrogens with one attached hydrogen (secondary N) is 1. The number of hydrogen-bond donors (Lipinski definition) is 1. The number of amides is 3. The monoisotopic (exact) mass is 445 g/mol. The summed E-state index contributed by atoms with van der Waals surface area (Å²) in [6.45, 7) is 8.71. The van der Waals surface area contributed by atoms with E-state index in [0.717, 1.165) is 22.4 Å². The summed E-state index contributed by atoms with van der Waals surface area (Å²) in [5, 5.41) is 2.96. The van der Waals surface area contributed by atoms with Gasteiger partial charge in [0.2, 0.25) is 5.91 Å². The molecule has 3 aromatic rings. The van der Waals surface area contributed by atoms with Gasteiger partial charge >= 0.3 is 6.03 Å². The van der Waals surface area contributed by atoms with Crippen molar-refractivity contribution in [3.63, 3.8) is 0 Å². The first-order valence-corrected chi connectivity index (χ1v) is 11.0. The lowest BCUT2D eigenvalue weighted by Gasteiger charge is -2.27. The summed E-state index contributed by atoms with van der Waals surface area (Å²) in [4.78, 5) is 29.5. The number of anilines is 1. The Hall–Kier alpha value is -3.80. The van der Waals surface area contributed by atoms with Crippen molar-refractivity contribution in [1.29, 1.82) is 0 Å². The number of urea groups is 1. The van der Waals surface area contributed by atoms with Gasteiger partial charge < -0.3 is 19.5 Å². The molecule has 3 rings (SSSR count). The van der Waals surface area contributed by atoms with Crippen LogP contribution in [0.15, 0.2) is 84.0 Å². The van der Waals surface area contributed by atoms with Gasteiger partial charge in [0, 0.05) is 18.8 Å². The van der Waals surface area contributed by atoms with E-state index in [-0.39, 0.29) is 25.0 Å².